The smallest absolute Gasteiger partial charge is 0.407 e. The zero-order valence-corrected chi connectivity index (χ0v) is 26.8. The highest BCUT2D eigenvalue weighted by molar-refractivity contribution is 7.80. The summed E-state index contributed by atoms with van der Waals surface area (Å²) >= 11 is 7.99. The van der Waals surface area contributed by atoms with Gasteiger partial charge in [-0.15, -0.1) is 0 Å². The van der Waals surface area contributed by atoms with Crippen LogP contribution in [0.25, 0.3) is 0 Å². The topological polar surface area (TPSA) is 149 Å². The Balaban J connectivity index is 0. The molecule has 0 bridgehead atoms. The highest BCUT2D eigenvalue weighted by Gasteiger charge is 2.06. The third-order valence-electron chi connectivity index (χ3n) is 4.50. The summed E-state index contributed by atoms with van der Waals surface area (Å²) in [5.74, 6) is 0.991. The van der Waals surface area contributed by atoms with Crippen molar-refractivity contribution in [3.8, 4) is 0 Å². The highest BCUT2D eigenvalue weighted by atomic mass is 32.1. The van der Waals surface area contributed by atoms with Crippen LogP contribution in [0.3, 0.4) is 0 Å². The van der Waals surface area contributed by atoms with Crippen molar-refractivity contribution in [1.29, 1.82) is 0 Å². The van der Waals surface area contributed by atoms with Gasteiger partial charge in [0.15, 0.2) is 0 Å². The third kappa shape index (κ3) is 34.6. The van der Waals surface area contributed by atoms with E-state index in [4.69, 9.17) is 37.9 Å². The molecule has 0 aromatic heterocycles. The molecule has 13 nitrogen and oxygen atoms in total. The van der Waals surface area contributed by atoms with Gasteiger partial charge in [-0.1, -0.05) is 6.92 Å². The number of hydrogen-bond acceptors (Lipinski definition) is 13. The van der Waals surface area contributed by atoms with Gasteiger partial charge in [-0.25, -0.2) is 9.59 Å². The first kappa shape index (κ1) is 41.6. The van der Waals surface area contributed by atoms with Gasteiger partial charge in [0.05, 0.1) is 58.5 Å². The molecule has 0 spiro atoms. The first-order chi connectivity index (χ1) is 19.8. The number of ether oxygens (including phenoxy) is 8. The summed E-state index contributed by atoms with van der Waals surface area (Å²) in [6.07, 6.45) is 0.942. The maximum atomic E-state index is 11.2. The number of esters is 1. The lowest BCUT2D eigenvalue weighted by Crippen LogP contribution is -2.27. The summed E-state index contributed by atoms with van der Waals surface area (Å²) in [6, 6.07) is 0. The van der Waals surface area contributed by atoms with Gasteiger partial charge < -0.3 is 48.5 Å². The lowest BCUT2D eigenvalue weighted by atomic mass is 10.3. The van der Waals surface area contributed by atoms with Gasteiger partial charge in [0.1, 0.15) is 19.8 Å². The van der Waals surface area contributed by atoms with Gasteiger partial charge >= 0.3 is 18.2 Å². The number of carbonyl (C=O) groups excluding carboxylic acids is 3. The Morgan fingerprint density at radius 3 is 1.71 bits per heavy atom. The summed E-state index contributed by atoms with van der Waals surface area (Å²) in [5, 5.41) is 5.14. The van der Waals surface area contributed by atoms with E-state index in [1.807, 2.05) is 20.8 Å². The molecule has 0 radical (unpaired) electrons. The van der Waals surface area contributed by atoms with Crippen LogP contribution in [-0.2, 0) is 42.7 Å². The fraction of sp³-hybridized carbons (Fsp3) is 0.885. The minimum Gasteiger partial charge on any atom is -0.463 e. The summed E-state index contributed by atoms with van der Waals surface area (Å²) < 4.78 is 41.1. The van der Waals surface area contributed by atoms with Crippen LogP contribution in [-0.4, -0.2) is 128 Å². The fourth-order valence-electron chi connectivity index (χ4n) is 2.50. The molecule has 2 unspecified atom stereocenters. The Bertz CT molecular complexity index is 622. The summed E-state index contributed by atoms with van der Waals surface area (Å²) in [7, 11) is 1.63. The number of rotatable bonds is 25. The molecular formula is C26H52N2O11S2. The Morgan fingerprint density at radius 2 is 1.20 bits per heavy atom. The minimum absolute atomic E-state index is 0.0239. The van der Waals surface area contributed by atoms with E-state index in [1.54, 1.807) is 7.11 Å². The lowest BCUT2D eigenvalue weighted by Gasteiger charge is -2.13. The van der Waals surface area contributed by atoms with E-state index >= 15 is 0 Å². The number of nitrogens with one attached hydrogen (secondary N) is 2. The van der Waals surface area contributed by atoms with Crippen molar-refractivity contribution in [1.82, 2.24) is 10.6 Å². The van der Waals surface area contributed by atoms with E-state index in [2.05, 4.69) is 35.9 Å². The molecule has 0 rings (SSSR count). The summed E-state index contributed by atoms with van der Waals surface area (Å²) in [4.78, 5) is 33.4. The molecule has 0 saturated heterocycles. The molecule has 2 amide bonds. The van der Waals surface area contributed by atoms with Gasteiger partial charge in [0, 0.05) is 32.4 Å². The van der Waals surface area contributed by atoms with Gasteiger partial charge in [-0.2, -0.15) is 25.3 Å². The average molecular weight is 633 g/mol. The van der Waals surface area contributed by atoms with Crippen molar-refractivity contribution in [3.05, 3.63) is 0 Å². The number of methoxy groups -OCH3 is 1. The molecule has 0 aliphatic rings. The van der Waals surface area contributed by atoms with Crippen LogP contribution in [0.2, 0.25) is 0 Å². The maximum Gasteiger partial charge on any atom is 0.407 e. The number of alkyl carbamates (subject to hydrolysis) is 2. The Kier molecular flexibility index (Phi) is 33.5. The molecule has 0 fully saturated rings. The third-order valence-corrected chi connectivity index (χ3v) is 5.04. The van der Waals surface area contributed by atoms with Crippen LogP contribution < -0.4 is 10.6 Å². The van der Waals surface area contributed by atoms with Crippen molar-refractivity contribution in [2.75, 3.05) is 97.8 Å². The standard InChI is InChI=1S/C14H27NO6S2.C12H25NO5/c1-12(19-7-8-20-13(16)3-2-9-22)11-18-5-6-21-14(17)15-4-10-23;1-4-5-13-12(14)18-9-8-17-11(2)10-16-7-6-15-3/h12,22-23H,2-11H2,1H3,(H,15,17);11H,4-10H2,1-3H3,(H,13,14). The monoisotopic (exact) mass is 632 g/mol. The van der Waals surface area contributed by atoms with E-state index in [0.717, 1.165) is 6.42 Å². The number of hydrogen-bond donors (Lipinski definition) is 4. The van der Waals surface area contributed by atoms with E-state index in [9.17, 15) is 14.4 Å². The van der Waals surface area contributed by atoms with E-state index in [-0.39, 0.29) is 38.0 Å². The van der Waals surface area contributed by atoms with E-state index in [0.29, 0.717) is 83.7 Å². The second kappa shape index (κ2) is 33.0. The fourth-order valence-corrected chi connectivity index (χ4v) is 2.77. The van der Waals surface area contributed by atoms with E-state index in [1.165, 1.54) is 0 Å². The average Bonchev–Trinajstić information content (AvgIpc) is 2.96. The largest absolute Gasteiger partial charge is 0.463 e. The molecule has 0 aromatic carbocycles. The SMILES string of the molecule is CC(COCCOC(=O)NCCS)OCCOC(=O)CCCS.CCCNC(=O)OCCOC(C)COCCOC. The molecule has 2 atom stereocenters. The van der Waals surface area contributed by atoms with Crippen molar-refractivity contribution in [2.45, 2.75) is 52.2 Å². The van der Waals surface area contributed by atoms with Crippen LogP contribution >= 0.6 is 25.3 Å². The van der Waals surface area contributed by atoms with Crippen LogP contribution in [0.4, 0.5) is 9.59 Å². The second-order valence-corrected chi connectivity index (χ2v) is 9.30. The number of amides is 2. The van der Waals surface area contributed by atoms with Crippen molar-refractivity contribution in [3.63, 3.8) is 0 Å². The molecule has 15 heteroatoms. The molecule has 244 valence electrons. The molecule has 41 heavy (non-hydrogen) atoms. The predicted molar refractivity (Wildman–Crippen MR) is 161 cm³/mol. The molecule has 0 heterocycles. The lowest BCUT2D eigenvalue weighted by molar-refractivity contribution is -0.146. The van der Waals surface area contributed by atoms with Crippen molar-refractivity contribution in [2.24, 2.45) is 0 Å². The normalized spacial score (nSPS) is 12.0. The molecule has 0 aliphatic carbocycles. The first-order valence-corrected chi connectivity index (χ1v) is 15.1. The van der Waals surface area contributed by atoms with Gasteiger partial charge in [-0.05, 0) is 32.4 Å². The quantitative estimate of drug-likeness (QED) is 0.0509. The molecule has 2 N–H and O–H groups in total. The predicted octanol–water partition coefficient (Wildman–Crippen LogP) is 2.51. The zero-order chi connectivity index (χ0) is 31.0. The van der Waals surface area contributed by atoms with Crippen molar-refractivity contribution < 1.29 is 52.3 Å². The van der Waals surface area contributed by atoms with Gasteiger partial charge in [-0.3, -0.25) is 4.79 Å². The Labute approximate surface area is 256 Å². The van der Waals surface area contributed by atoms with Crippen molar-refractivity contribution >= 4 is 43.4 Å². The second-order valence-electron chi connectivity index (χ2n) is 8.40. The van der Waals surface area contributed by atoms with Crippen LogP contribution in [0.5, 0.6) is 0 Å². The van der Waals surface area contributed by atoms with E-state index < -0.39 is 12.2 Å². The zero-order valence-electron chi connectivity index (χ0n) is 25.1. The molecular weight excluding hydrogens is 580 g/mol. The van der Waals surface area contributed by atoms with Gasteiger partial charge in [0.2, 0.25) is 0 Å². The van der Waals surface area contributed by atoms with Crippen LogP contribution in [0, 0.1) is 0 Å². The molecule has 0 aromatic rings. The maximum absolute atomic E-state index is 11.2. The highest BCUT2D eigenvalue weighted by Crippen LogP contribution is 1.97. The number of thiol groups is 2. The van der Waals surface area contributed by atoms with Crippen LogP contribution in [0.15, 0.2) is 0 Å². The first-order valence-electron chi connectivity index (χ1n) is 13.9. The van der Waals surface area contributed by atoms with Gasteiger partial charge in [0.25, 0.3) is 0 Å². The Hall–Kier alpha value is -1.49. The van der Waals surface area contributed by atoms with Crippen LogP contribution in [0.1, 0.15) is 40.0 Å². The Morgan fingerprint density at radius 1 is 0.683 bits per heavy atom. The summed E-state index contributed by atoms with van der Waals surface area (Å²) in [5.41, 5.74) is 0. The summed E-state index contributed by atoms with van der Waals surface area (Å²) in [6.45, 7) is 10.5. The minimum atomic E-state index is -0.480. The molecule has 0 saturated carbocycles. The number of carbonyl (C=O) groups is 3. The molecule has 0 aliphatic heterocycles.